The fourth-order valence-corrected chi connectivity index (χ4v) is 5.37. The zero-order valence-corrected chi connectivity index (χ0v) is 17.0. The first-order valence-electron chi connectivity index (χ1n) is 11.0. The predicted octanol–water partition coefficient (Wildman–Crippen LogP) is 5.93. The summed E-state index contributed by atoms with van der Waals surface area (Å²) in [6.45, 7) is 5.17. The average Bonchev–Trinajstić information content (AvgIpc) is 3.19. The minimum Gasteiger partial charge on any atom is -0.461 e. The molecular weight excluding hydrogens is 353 g/mol. The molecule has 1 saturated carbocycles. The number of hydrogen-bond donors (Lipinski definition) is 0. The van der Waals surface area contributed by atoms with Crippen molar-refractivity contribution in [2.24, 2.45) is 11.8 Å². The van der Waals surface area contributed by atoms with Crippen LogP contribution >= 0.6 is 0 Å². The number of carbonyl (C=O) groups excluding carboxylic acids is 1. The van der Waals surface area contributed by atoms with Crippen molar-refractivity contribution in [3.63, 3.8) is 0 Å². The Balaban J connectivity index is 1.23. The van der Waals surface area contributed by atoms with Crippen LogP contribution in [0, 0.1) is 17.7 Å². The Labute approximate surface area is 167 Å². The maximum atomic E-state index is 13.9. The van der Waals surface area contributed by atoms with E-state index in [4.69, 9.17) is 4.42 Å². The van der Waals surface area contributed by atoms with Crippen LogP contribution in [0.1, 0.15) is 69.8 Å². The van der Waals surface area contributed by atoms with Gasteiger partial charge in [0.2, 0.25) is 0 Å². The van der Waals surface area contributed by atoms with Crippen molar-refractivity contribution in [1.82, 2.24) is 4.90 Å². The van der Waals surface area contributed by atoms with Gasteiger partial charge in [0.05, 0.1) is 6.26 Å². The number of nitrogens with zero attached hydrogens (tertiary/aromatic N) is 1. The summed E-state index contributed by atoms with van der Waals surface area (Å²) >= 11 is 0. The largest absolute Gasteiger partial charge is 0.461 e. The smallest absolute Gasteiger partial charge is 0.169 e. The molecule has 2 fully saturated rings. The molecule has 2 heterocycles. The summed E-state index contributed by atoms with van der Waals surface area (Å²) in [6.07, 6.45) is 11.0. The van der Waals surface area contributed by atoms with Crippen molar-refractivity contribution in [3.05, 3.63) is 35.8 Å². The molecule has 4 heteroatoms. The molecule has 0 amide bonds. The van der Waals surface area contributed by atoms with Gasteiger partial charge in [-0.2, -0.15) is 0 Å². The van der Waals surface area contributed by atoms with Crippen LogP contribution in [0.3, 0.4) is 0 Å². The maximum Gasteiger partial charge on any atom is 0.169 e. The lowest BCUT2D eigenvalue weighted by molar-refractivity contribution is -0.118. The van der Waals surface area contributed by atoms with Crippen LogP contribution in [-0.2, 0) is 4.79 Å². The van der Waals surface area contributed by atoms with E-state index in [-0.39, 0.29) is 5.82 Å². The van der Waals surface area contributed by atoms with Gasteiger partial charge in [-0.05, 0) is 94.1 Å². The Morgan fingerprint density at radius 3 is 2.50 bits per heavy atom. The summed E-state index contributed by atoms with van der Waals surface area (Å²) < 4.78 is 19.2. The first-order valence-corrected chi connectivity index (χ1v) is 11.0. The molecule has 0 bridgehead atoms. The summed E-state index contributed by atoms with van der Waals surface area (Å²) in [4.78, 5) is 13.9. The third kappa shape index (κ3) is 4.48. The van der Waals surface area contributed by atoms with Gasteiger partial charge in [0, 0.05) is 11.8 Å². The van der Waals surface area contributed by atoms with Crippen LogP contribution in [0.2, 0.25) is 0 Å². The molecule has 0 radical (unpaired) electrons. The second-order valence-electron chi connectivity index (χ2n) is 9.00. The Kier molecular flexibility index (Phi) is 6.15. The highest BCUT2D eigenvalue weighted by molar-refractivity contribution is 5.82. The molecule has 0 atom stereocenters. The number of piperidine rings is 1. The number of hydrogen-bond acceptors (Lipinski definition) is 3. The molecule has 0 spiro atoms. The molecular formula is C24H32FNO2. The summed E-state index contributed by atoms with van der Waals surface area (Å²) in [5, 5.41) is 0.945. The second kappa shape index (κ2) is 8.77. The molecule has 0 N–H and O–H groups in total. The van der Waals surface area contributed by atoms with Gasteiger partial charge < -0.3 is 14.1 Å². The Hall–Kier alpha value is -1.68. The van der Waals surface area contributed by atoms with Gasteiger partial charge >= 0.3 is 0 Å². The van der Waals surface area contributed by atoms with Crippen molar-refractivity contribution in [3.8, 4) is 0 Å². The molecule has 0 unspecified atom stereocenters. The Morgan fingerprint density at radius 2 is 1.79 bits per heavy atom. The zero-order chi connectivity index (χ0) is 19.5. The van der Waals surface area contributed by atoms with Crippen molar-refractivity contribution in [2.75, 3.05) is 19.6 Å². The summed E-state index contributed by atoms with van der Waals surface area (Å²) in [5.41, 5.74) is 1.65. The molecule has 1 aliphatic heterocycles. The SMILES string of the molecule is CC(=O)CC1CCC(CCN2CCC(c3ccc(F)c4occc34)CC2)CC1. The van der Waals surface area contributed by atoms with Gasteiger partial charge in [0.1, 0.15) is 5.78 Å². The lowest BCUT2D eigenvalue weighted by atomic mass is 9.78. The first-order chi connectivity index (χ1) is 13.6. The van der Waals surface area contributed by atoms with Crippen LogP contribution in [-0.4, -0.2) is 30.3 Å². The van der Waals surface area contributed by atoms with Crippen LogP contribution < -0.4 is 0 Å². The number of halogens is 1. The minimum absolute atomic E-state index is 0.265. The molecule has 152 valence electrons. The van der Waals surface area contributed by atoms with Crippen molar-refractivity contribution in [2.45, 2.75) is 64.2 Å². The van der Waals surface area contributed by atoms with Gasteiger partial charge in [-0.1, -0.05) is 18.9 Å². The summed E-state index contributed by atoms with van der Waals surface area (Å²) in [6, 6.07) is 5.41. The first kappa shape index (κ1) is 19.6. The molecule has 1 aromatic carbocycles. The molecule has 28 heavy (non-hydrogen) atoms. The number of furan rings is 1. The number of fused-ring (bicyclic) bond motifs is 1. The van der Waals surface area contributed by atoms with E-state index in [0.717, 1.165) is 43.7 Å². The molecule has 2 aliphatic rings. The molecule has 1 aliphatic carbocycles. The maximum absolute atomic E-state index is 13.9. The van der Waals surface area contributed by atoms with Gasteiger partial charge in [-0.3, -0.25) is 0 Å². The topological polar surface area (TPSA) is 33.5 Å². The number of carbonyl (C=O) groups is 1. The van der Waals surface area contributed by atoms with Crippen LogP contribution in [0.4, 0.5) is 4.39 Å². The van der Waals surface area contributed by atoms with Gasteiger partial charge in [-0.15, -0.1) is 0 Å². The van der Waals surface area contributed by atoms with Gasteiger partial charge in [-0.25, -0.2) is 4.39 Å². The molecule has 1 saturated heterocycles. The number of likely N-dealkylation sites (tertiary alicyclic amines) is 1. The van der Waals surface area contributed by atoms with Crippen molar-refractivity contribution in [1.29, 1.82) is 0 Å². The van der Waals surface area contributed by atoms with E-state index in [1.807, 2.05) is 12.1 Å². The Morgan fingerprint density at radius 1 is 1.07 bits per heavy atom. The monoisotopic (exact) mass is 385 g/mol. The highest BCUT2D eigenvalue weighted by Crippen LogP contribution is 2.36. The lowest BCUT2D eigenvalue weighted by Crippen LogP contribution is -2.34. The van der Waals surface area contributed by atoms with E-state index in [1.165, 1.54) is 44.2 Å². The molecule has 4 rings (SSSR count). The van der Waals surface area contributed by atoms with Gasteiger partial charge in [0.25, 0.3) is 0 Å². The predicted molar refractivity (Wildman–Crippen MR) is 110 cm³/mol. The number of ketones is 1. The van der Waals surface area contributed by atoms with E-state index in [2.05, 4.69) is 4.90 Å². The van der Waals surface area contributed by atoms with Crippen molar-refractivity contribution < 1.29 is 13.6 Å². The van der Waals surface area contributed by atoms with E-state index in [0.29, 0.717) is 23.2 Å². The molecule has 2 aromatic rings. The molecule has 1 aromatic heterocycles. The fourth-order valence-electron chi connectivity index (χ4n) is 5.37. The fraction of sp³-hybridized carbons (Fsp3) is 0.625. The van der Waals surface area contributed by atoms with Crippen LogP contribution in [0.5, 0.6) is 0 Å². The average molecular weight is 386 g/mol. The quantitative estimate of drug-likeness (QED) is 0.618. The highest BCUT2D eigenvalue weighted by atomic mass is 19.1. The van der Waals surface area contributed by atoms with Crippen molar-refractivity contribution >= 4 is 16.8 Å². The van der Waals surface area contributed by atoms with E-state index in [1.54, 1.807) is 19.3 Å². The number of Topliss-reactive ketones (excluding diaryl/α,β-unsaturated/α-hetero) is 1. The number of benzene rings is 1. The molecule has 3 nitrogen and oxygen atoms in total. The third-order valence-electron chi connectivity index (χ3n) is 7.03. The highest BCUT2D eigenvalue weighted by Gasteiger charge is 2.25. The summed E-state index contributed by atoms with van der Waals surface area (Å²) in [5.74, 6) is 2.06. The lowest BCUT2D eigenvalue weighted by Gasteiger charge is -2.34. The standard InChI is InChI=1S/C24H32FNO2/c1-17(27)16-19-4-2-18(3-5-19)8-12-26-13-9-20(10-14-26)21-6-7-23(25)24-22(21)11-15-28-24/h6-7,11,15,18-20H,2-5,8-10,12-14,16H2,1H3. The third-order valence-corrected chi connectivity index (χ3v) is 7.03. The van der Waals surface area contributed by atoms with E-state index < -0.39 is 0 Å². The van der Waals surface area contributed by atoms with Gasteiger partial charge in [0.15, 0.2) is 11.4 Å². The zero-order valence-electron chi connectivity index (χ0n) is 17.0. The normalized spacial score (nSPS) is 24.6. The van der Waals surface area contributed by atoms with E-state index in [9.17, 15) is 9.18 Å². The number of rotatable bonds is 6. The van der Waals surface area contributed by atoms with Crippen LogP contribution in [0.15, 0.2) is 28.9 Å². The Bertz CT molecular complexity index is 798. The minimum atomic E-state index is -0.265. The van der Waals surface area contributed by atoms with Crippen LogP contribution in [0.25, 0.3) is 11.0 Å². The van der Waals surface area contributed by atoms with E-state index >= 15 is 0 Å². The summed E-state index contributed by atoms with van der Waals surface area (Å²) in [7, 11) is 0. The second-order valence-corrected chi connectivity index (χ2v) is 9.00.